The third-order valence-electron chi connectivity index (χ3n) is 4.83. The van der Waals surface area contributed by atoms with Crippen LogP contribution in [0.4, 0.5) is 10.1 Å². The van der Waals surface area contributed by atoms with E-state index in [-0.39, 0.29) is 11.7 Å². The molecular weight excluding hydrogens is 329 g/mol. The Morgan fingerprint density at radius 1 is 1.00 bits per heavy atom. The zero-order valence-corrected chi connectivity index (χ0v) is 14.7. The van der Waals surface area contributed by atoms with Gasteiger partial charge in [0.25, 0.3) is 5.91 Å². The van der Waals surface area contributed by atoms with Crippen molar-refractivity contribution in [3.63, 3.8) is 0 Å². The van der Waals surface area contributed by atoms with Gasteiger partial charge in [0, 0.05) is 37.3 Å². The molecule has 2 aromatic carbocycles. The molecule has 5 heteroatoms. The molecule has 2 heterocycles. The Morgan fingerprint density at radius 3 is 2.46 bits per heavy atom. The van der Waals surface area contributed by atoms with Gasteiger partial charge in [0.1, 0.15) is 5.82 Å². The number of fused-ring (bicyclic) bond motifs is 1. The second kappa shape index (κ2) is 6.75. The van der Waals surface area contributed by atoms with Gasteiger partial charge in [0.05, 0.1) is 16.8 Å². The Kier molecular flexibility index (Phi) is 4.29. The van der Waals surface area contributed by atoms with E-state index in [4.69, 9.17) is 0 Å². The first kappa shape index (κ1) is 16.5. The molecule has 0 bridgehead atoms. The number of para-hydroxylation sites is 2. The summed E-state index contributed by atoms with van der Waals surface area (Å²) in [5, 5.41) is 0.875. The third kappa shape index (κ3) is 3.01. The topological polar surface area (TPSA) is 36.4 Å². The fraction of sp³-hybridized carbons (Fsp3) is 0.238. The summed E-state index contributed by atoms with van der Waals surface area (Å²) in [6, 6.07) is 16.3. The van der Waals surface area contributed by atoms with Crippen LogP contribution in [-0.2, 0) is 0 Å². The SMILES string of the molecule is Cc1cc(C(=O)N2CCN(c3ccccc3F)CC2)c2ccccc2n1. The molecule has 132 valence electrons. The number of rotatable bonds is 2. The maximum atomic E-state index is 14.0. The number of pyridine rings is 1. The molecule has 1 amide bonds. The van der Waals surface area contributed by atoms with Crippen molar-refractivity contribution in [2.24, 2.45) is 0 Å². The zero-order chi connectivity index (χ0) is 18.1. The molecular formula is C21H20FN3O. The maximum Gasteiger partial charge on any atom is 0.254 e. The van der Waals surface area contributed by atoms with Crippen LogP contribution < -0.4 is 4.90 Å². The molecule has 26 heavy (non-hydrogen) atoms. The third-order valence-corrected chi connectivity index (χ3v) is 4.83. The number of halogens is 1. The van der Waals surface area contributed by atoms with E-state index in [1.807, 2.05) is 53.1 Å². The van der Waals surface area contributed by atoms with Crippen molar-refractivity contribution in [3.05, 3.63) is 71.7 Å². The van der Waals surface area contributed by atoms with Gasteiger partial charge in [-0.05, 0) is 31.2 Å². The molecule has 1 saturated heterocycles. The molecule has 4 rings (SSSR count). The molecule has 0 radical (unpaired) electrons. The van der Waals surface area contributed by atoms with Gasteiger partial charge in [0.2, 0.25) is 0 Å². The summed E-state index contributed by atoms with van der Waals surface area (Å²) in [4.78, 5) is 21.4. The Balaban J connectivity index is 1.55. The number of aryl methyl sites for hydroxylation is 1. The molecule has 0 spiro atoms. The second-order valence-electron chi connectivity index (χ2n) is 6.56. The van der Waals surface area contributed by atoms with E-state index < -0.39 is 0 Å². The first-order chi connectivity index (χ1) is 12.6. The smallest absolute Gasteiger partial charge is 0.254 e. The van der Waals surface area contributed by atoms with E-state index >= 15 is 0 Å². The maximum absolute atomic E-state index is 14.0. The van der Waals surface area contributed by atoms with Crippen molar-refractivity contribution in [3.8, 4) is 0 Å². The highest BCUT2D eigenvalue weighted by Gasteiger charge is 2.24. The molecule has 0 aliphatic carbocycles. The molecule has 0 atom stereocenters. The van der Waals surface area contributed by atoms with Crippen LogP contribution in [0.25, 0.3) is 10.9 Å². The van der Waals surface area contributed by atoms with Crippen molar-refractivity contribution in [2.45, 2.75) is 6.92 Å². The highest BCUT2D eigenvalue weighted by atomic mass is 19.1. The number of hydrogen-bond acceptors (Lipinski definition) is 3. The van der Waals surface area contributed by atoms with Crippen LogP contribution in [0.2, 0.25) is 0 Å². The number of carbonyl (C=O) groups excluding carboxylic acids is 1. The minimum absolute atomic E-state index is 0.0138. The highest BCUT2D eigenvalue weighted by Crippen LogP contribution is 2.23. The summed E-state index contributed by atoms with van der Waals surface area (Å²) in [6.07, 6.45) is 0. The minimum Gasteiger partial charge on any atom is -0.366 e. The lowest BCUT2D eigenvalue weighted by Gasteiger charge is -2.36. The van der Waals surface area contributed by atoms with Gasteiger partial charge in [-0.3, -0.25) is 9.78 Å². The van der Waals surface area contributed by atoms with Gasteiger partial charge < -0.3 is 9.80 Å². The van der Waals surface area contributed by atoms with Gasteiger partial charge >= 0.3 is 0 Å². The predicted molar refractivity (Wildman–Crippen MR) is 101 cm³/mol. The molecule has 1 fully saturated rings. The summed E-state index contributed by atoms with van der Waals surface area (Å²) < 4.78 is 14.0. The molecule has 0 N–H and O–H groups in total. The number of anilines is 1. The van der Waals surface area contributed by atoms with E-state index in [2.05, 4.69) is 4.98 Å². The quantitative estimate of drug-likeness (QED) is 0.709. The summed E-state index contributed by atoms with van der Waals surface area (Å²) in [7, 11) is 0. The van der Waals surface area contributed by atoms with Gasteiger partial charge in [0.15, 0.2) is 0 Å². The molecule has 1 aliphatic rings. The molecule has 1 aliphatic heterocycles. The largest absolute Gasteiger partial charge is 0.366 e. The molecule has 3 aromatic rings. The number of nitrogens with zero attached hydrogens (tertiary/aromatic N) is 3. The lowest BCUT2D eigenvalue weighted by molar-refractivity contribution is 0.0748. The Hall–Kier alpha value is -2.95. The number of benzene rings is 2. The summed E-state index contributed by atoms with van der Waals surface area (Å²) in [5.41, 5.74) is 2.95. The Morgan fingerprint density at radius 2 is 1.69 bits per heavy atom. The molecule has 0 saturated carbocycles. The highest BCUT2D eigenvalue weighted by molar-refractivity contribution is 6.06. The standard InChI is InChI=1S/C21H20FN3O/c1-15-14-17(16-6-2-4-8-19(16)23-15)21(26)25-12-10-24(11-13-25)20-9-5-3-7-18(20)22/h2-9,14H,10-13H2,1H3. The van der Waals surface area contributed by atoms with Gasteiger partial charge in [-0.25, -0.2) is 4.39 Å². The minimum atomic E-state index is -0.219. The normalized spacial score (nSPS) is 14.7. The fourth-order valence-electron chi connectivity index (χ4n) is 3.51. The van der Waals surface area contributed by atoms with Crippen molar-refractivity contribution < 1.29 is 9.18 Å². The van der Waals surface area contributed by atoms with Crippen LogP contribution >= 0.6 is 0 Å². The van der Waals surface area contributed by atoms with Gasteiger partial charge in [-0.15, -0.1) is 0 Å². The van der Waals surface area contributed by atoms with E-state index in [0.717, 1.165) is 16.6 Å². The van der Waals surface area contributed by atoms with E-state index in [1.54, 1.807) is 12.1 Å². The number of amides is 1. The summed E-state index contributed by atoms with van der Waals surface area (Å²) in [5.74, 6) is -0.206. The van der Waals surface area contributed by atoms with Gasteiger partial charge in [-0.2, -0.15) is 0 Å². The predicted octanol–water partition coefficient (Wildman–Crippen LogP) is 3.64. The van der Waals surface area contributed by atoms with Crippen LogP contribution in [0, 0.1) is 12.7 Å². The van der Waals surface area contributed by atoms with Crippen LogP contribution in [-0.4, -0.2) is 42.0 Å². The van der Waals surface area contributed by atoms with Crippen LogP contribution in [0.15, 0.2) is 54.6 Å². The fourth-order valence-corrected chi connectivity index (χ4v) is 3.51. The second-order valence-corrected chi connectivity index (χ2v) is 6.56. The molecule has 0 unspecified atom stereocenters. The van der Waals surface area contributed by atoms with E-state index in [1.165, 1.54) is 6.07 Å². The van der Waals surface area contributed by atoms with E-state index in [0.29, 0.717) is 37.4 Å². The first-order valence-corrected chi connectivity index (χ1v) is 8.78. The lowest BCUT2D eigenvalue weighted by atomic mass is 10.1. The van der Waals surface area contributed by atoms with Crippen LogP contribution in [0.1, 0.15) is 16.1 Å². The van der Waals surface area contributed by atoms with Crippen LogP contribution in [0.5, 0.6) is 0 Å². The van der Waals surface area contributed by atoms with Gasteiger partial charge in [-0.1, -0.05) is 30.3 Å². The molecule has 1 aromatic heterocycles. The number of hydrogen-bond donors (Lipinski definition) is 0. The van der Waals surface area contributed by atoms with Crippen molar-refractivity contribution in [1.29, 1.82) is 0 Å². The Labute approximate surface area is 151 Å². The summed E-state index contributed by atoms with van der Waals surface area (Å²) >= 11 is 0. The average molecular weight is 349 g/mol. The van der Waals surface area contributed by atoms with Crippen LogP contribution in [0.3, 0.4) is 0 Å². The number of piperazine rings is 1. The average Bonchev–Trinajstić information content (AvgIpc) is 2.67. The zero-order valence-electron chi connectivity index (χ0n) is 14.7. The van der Waals surface area contributed by atoms with Crippen molar-refractivity contribution in [1.82, 2.24) is 9.88 Å². The number of carbonyl (C=O) groups is 1. The first-order valence-electron chi connectivity index (χ1n) is 8.78. The van der Waals surface area contributed by atoms with Crippen molar-refractivity contribution in [2.75, 3.05) is 31.1 Å². The molecule has 4 nitrogen and oxygen atoms in total. The monoisotopic (exact) mass is 349 g/mol. The van der Waals surface area contributed by atoms with Crippen molar-refractivity contribution >= 4 is 22.5 Å². The lowest BCUT2D eigenvalue weighted by Crippen LogP contribution is -2.49. The number of aromatic nitrogens is 1. The Bertz CT molecular complexity index is 964. The summed E-state index contributed by atoms with van der Waals surface area (Å²) in [6.45, 7) is 4.29. The van der Waals surface area contributed by atoms with E-state index in [9.17, 15) is 9.18 Å².